The third-order valence-corrected chi connectivity index (χ3v) is 6.62. The van der Waals surface area contributed by atoms with Crippen LogP contribution in [0.25, 0.3) is 0 Å². The fourth-order valence-corrected chi connectivity index (χ4v) is 4.64. The normalized spacial score (nSPS) is 26.2. The van der Waals surface area contributed by atoms with Crippen LogP contribution in [-0.2, 0) is 4.74 Å². The summed E-state index contributed by atoms with van der Waals surface area (Å²) < 4.78 is 45.7. The van der Waals surface area contributed by atoms with Crippen molar-refractivity contribution in [3.63, 3.8) is 0 Å². The van der Waals surface area contributed by atoms with Crippen molar-refractivity contribution in [2.45, 2.75) is 44.3 Å². The topological polar surface area (TPSA) is 72.4 Å². The van der Waals surface area contributed by atoms with Crippen LogP contribution in [0, 0.1) is 0 Å². The van der Waals surface area contributed by atoms with Crippen LogP contribution >= 0.6 is 0 Å². The molecule has 0 amide bonds. The van der Waals surface area contributed by atoms with E-state index in [1.165, 1.54) is 23.6 Å². The summed E-state index contributed by atoms with van der Waals surface area (Å²) in [6.45, 7) is 5.72. The van der Waals surface area contributed by atoms with Crippen molar-refractivity contribution in [3.8, 4) is 0 Å². The van der Waals surface area contributed by atoms with Crippen LogP contribution in [0.1, 0.15) is 19.8 Å². The van der Waals surface area contributed by atoms with Gasteiger partial charge in [-0.3, -0.25) is 14.8 Å². The van der Waals surface area contributed by atoms with Gasteiger partial charge in [0.2, 0.25) is 0 Å². The van der Waals surface area contributed by atoms with Gasteiger partial charge < -0.3 is 20.5 Å². The van der Waals surface area contributed by atoms with Gasteiger partial charge in [-0.1, -0.05) is 18.2 Å². The number of nitrogens with one attached hydrogen (secondary N) is 2. The Kier molecular flexibility index (Phi) is 7.58. The third kappa shape index (κ3) is 5.68. The van der Waals surface area contributed by atoms with Gasteiger partial charge in [0.25, 0.3) is 0 Å². The summed E-state index contributed by atoms with van der Waals surface area (Å²) in [5.41, 5.74) is 2.60. The maximum absolute atomic E-state index is 13.3. The molecule has 1 saturated heterocycles. The number of nitrogens with zero attached hydrogens (tertiary/aromatic N) is 3. The van der Waals surface area contributed by atoms with E-state index in [4.69, 9.17) is 9.84 Å². The van der Waals surface area contributed by atoms with Gasteiger partial charge in [-0.25, -0.2) is 0 Å². The Hall–Kier alpha value is -2.14. The average molecular weight is 468 g/mol. The lowest BCUT2D eigenvalue weighted by atomic mass is 10.0. The molecule has 33 heavy (non-hydrogen) atoms. The lowest BCUT2D eigenvalue weighted by Gasteiger charge is -2.41. The van der Waals surface area contributed by atoms with Crippen LogP contribution in [0.5, 0.6) is 0 Å². The molecule has 3 atom stereocenters. The number of piperazine rings is 1. The van der Waals surface area contributed by atoms with E-state index in [1.807, 2.05) is 0 Å². The van der Waals surface area contributed by atoms with Gasteiger partial charge in [0.1, 0.15) is 11.8 Å². The zero-order valence-electron chi connectivity index (χ0n) is 18.8. The molecule has 10 heteroatoms. The number of allylic oxidation sites excluding steroid dienone is 2. The highest BCUT2D eigenvalue weighted by Crippen LogP contribution is 2.29. The molecule has 4 rings (SSSR count). The molecule has 3 N–H and O–H groups in total. The fraction of sp³-hybridized carbons (Fsp3) is 0.609. The molecule has 0 radical (unpaired) electrons. The molecule has 0 aromatic heterocycles. The highest BCUT2D eigenvalue weighted by molar-refractivity contribution is 5.81. The van der Waals surface area contributed by atoms with Gasteiger partial charge in [-0.15, -0.1) is 0 Å². The maximum atomic E-state index is 13.3. The zero-order chi connectivity index (χ0) is 23.4. The molecule has 182 valence electrons. The Bertz CT molecular complexity index is 857. The maximum Gasteiger partial charge on any atom is 0.408 e. The second-order valence-electron chi connectivity index (χ2n) is 8.65. The summed E-state index contributed by atoms with van der Waals surface area (Å²) in [7, 11) is 0. The van der Waals surface area contributed by atoms with Crippen LogP contribution in [0.15, 0.2) is 51.9 Å². The molecule has 1 fully saturated rings. The Morgan fingerprint density at radius 3 is 2.70 bits per heavy atom. The van der Waals surface area contributed by atoms with Crippen molar-refractivity contribution >= 4 is 6.21 Å². The van der Waals surface area contributed by atoms with Crippen LogP contribution < -0.4 is 10.6 Å². The largest absolute Gasteiger partial charge is 0.497 e. The number of aliphatic hydroxyl groups is 1. The van der Waals surface area contributed by atoms with Crippen LogP contribution in [0.3, 0.4) is 0 Å². The van der Waals surface area contributed by atoms with Crippen LogP contribution in [-0.4, -0.2) is 91.6 Å². The lowest BCUT2D eigenvalue weighted by molar-refractivity contribution is -0.146. The van der Waals surface area contributed by atoms with Crippen molar-refractivity contribution in [2.75, 3.05) is 45.9 Å². The van der Waals surface area contributed by atoms with E-state index in [9.17, 15) is 13.2 Å². The molecule has 7 nitrogen and oxygen atoms in total. The van der Waals surface area contributed by atoms with E-state index in [0.717, 1.165) is 51.4 Å². The van der Waals surface area contributed by atoms with Gasteiger partial charge >= 0.3 is 6.18 Å². The highest BCUT2D eigenvalue weighted by Gasteiger charge is 2.42. The smallest absolute Gasteiger partial charge is 0.408 e. The van der Waals surface area contributed by atoms with Crippen molar-refractivity contribution in [1.82, 2.24) is 20.4 Å². The summed E-state index contributed by atoms with van der Waals surface area (Å²) in [6.07, 6.45) is 6.28. The van der Waals surface area contributed by atoms with Crippen molar-refractivity contribution in [1.29, 1.82) is 0 Å². The quantitative estimate of drug-likeness (QED) is 0.532. The first-order chi connectivity index (χ1) is 15.9. The molecule has 3 aliphatic heterocycles. The molecule has 0 spiro atoms. The molecule has 3 unspecified atom stereocenters. The van der Waals surface area contributed by atoms with E-state index < -0.39 is 12.2 Å². The molecule has 3 heterocycles. The lowest BCUT2D eigenvalue weighted by Crippen LogP contribution is -2.56. The number of hydrogen-bond acceptors (Lipinski definition) is 7. The second-order valence-corrected chi connectivity index (χ2v) is 8.65. The van der Waals surface area contributed by atoms with Crippen LogP contribution in [0.4, 0.5) is 13.2 Å². The zero-order valence-corrected chi connectivity index (χ0v) is 18.8. The molecule has 0 saturated carbocycles. The Labute approximate surface area is 192 Å². The predicted octanol–water partition coefficient (Wildman–Crippen LogP) is 1.91. The first-order valence-corrected chi connectivity index (χ1v) is 11.5. The van der Waals surface area contributed by atoms with E-state index in [0.29, 0.717) is 0 Å². The van der Waals surface area contributed by atoms with Crippen molar-refractivity contribution < 1.29 is 23.0 Å². The summed E-state index contributed by atoms with van der Waals surface area (Å²) in [4.78, 5) is 8.90. The number of hydrogen-bond donors (Lipinski definition) is 3. The van der Waals surface area contributed by atoms with Gasteiger partial charge in [0, 0.05) is 69.6 Å². The molecular weight excluding hydrogens is 435 g/mol. The van der Waals surface area contributed by atoms with E-state index in [-0.39, 0.29) is 31.1 Å². The minimum Gasteiger partial charge on any atom is -0.497 e. The van der Waals surface area contributed by atoms with Crippen molar-refractivity contribution in [3.05, 3.63) is 46.9 Å². The van der Waals surface area contributed by atoms with Gasteiger partial charge in [-0.2, -0.15) is 13.2 Å². The summed E-state index contributed by atoms with van der Waals surface area (Å²) in [6, 6.07) is -1.58. The monoisotopic (exact) mass is 467 g/mol. The van der Waals surface area contributed by atoms with Gasteiger partial charge in [0.15, 0.2) is 6.29 Å². The average Bonchev–Trinajstić information content (AvgIpc) is 3.17. The van der Waals surface area contributed by atoms with E-state index >= 15 is 0 Å². The Morgan fingerprint density at radius 2 is 2.03 bits per heavy atom. The first-order valence-electron chi connectivity index (χ1n) is 11.5. The van der Waals surface area contributed by atoms with Crippen molar-refractivity contribution in [2.24, 2.45) is 4.99 Å². The molecule has 0 aromatic carbocycles. The third-order valence-electron chi connectivity index (χ3n) is 6.62. The van der Waals surface area contributed by atoms with E-state index in [1.54, 1.807) is 0 Å². The van der Waals surface area contributed by atoms with Gasteiger partial charge in [0.05, 0.1) is 13.2 Å². The summed E-state index contributed by atoms with van der Waals surface area (Å²) >= 11 is 0. The van der Waals surface area contributed by atoms with Crippen LogP contribution in [0.2, 0.25) is 0 Å². The van der Waals surface area contributed by atoms with E-state index in [2.05, 4.69) is 50.6 Å². The molecule has 4 aliphatic rings. The predicted molar refractivity (Wildman–Crippen MR) is 120 cm³/mol. The minimum absolute atomic E-state index is 0.0102. The fourth-order valence-electron chi connectivity index (χ4n) is 4.64. The molecule has 0 bridgehead atoms. The second kappa shape index (κ2) is 10.4. The molecule has 1 aliphatic carbocycles. The Balaban J connectivity index is 1.29. The number of ether oxygens (including phenoxy) is 1. The van der Waals surface area contributed by atoms with Gasteiger partial charge in [-0.05, 0) is 18.1 Å². The number of aliphatic hydroxyl groups excluding tert-OH is 1. The molecular formula is C23H32F3N5O2. The SMILES string of the molecule is CC(C1=CCC2=C(C=C1)CCO2)N1CCN(C2N=CC(C(NCCO)C(F)(F)F)=CN2)CC1. The Morgan fingerprint density at radius 1 is 1.24 bits per heavy atom. The highest BCUT2D eigenvalue weighted by atomic mass is 19.4. The molecule has 0 aromatic rings. The summed E-state index contributed by atoms with van der Waals surface area (Å²) in [5, 5.41) is 14.2. The minimum atomic E-state index is -4.47. The summed E-state index contributed by atoms with van der Waals surface area (Å²) in [5.74, 6) is 1.09. The number of rotatable bonds is 7. The number of alkyl halides is 3. The first kappa shape index (κ1) is 24.0. The number of halogens is 3. The number of aliphatic imine (C=N–C) groups is 1. The standard InChI is InChI=1S/C23H32F3N5O2/c1-16(17-2-3-18-6-13-33-20(18)5-4-17)30-8-10-31(11-9-30)22-28-14-19(15-29-22)21(23(24,25)26)27-7-12-32/h2-4,14-16,21-22,27-28,32H,5-13H2,1H3.